The highest BCUT2D eigenvalue weighted by Crippen LogP contribution is 2.10. The van der Waals surface area contributed by atoms with Crippen LogP contribution in [0.15, 0.2) is 0 Å². The van der Waals surface area contributed by atoms with Gasteiger partial charge in [0.2, 0.25) is 11.8 Å². The van der Waals surface area contributed by atoms with E-state index in [0.717, 1.165) is 12.8 Å². The predicted molar refractivity (Wildman–Crippen MR) is 62.2 cm³/mol. The fourth-order valence-corrected chi connectivity index (χ4v) is 1.89. The number of hydrogen-bond acceptors (Lipinski definition) is 3. The van der Waals surface area contributed by atoms with Crippen molar-refractivity contribution in [1.82, 2.24) is 15.5 Å². The molecular formula is C11H19N3O3. The van der Waals surface area contributed by atoms with Crippen molar-refractivity contribution in [1.29, 1.82) is 0 Å². The van der Waals surface area contributed by atoms with Crippen molar-refractivity contribution in [3.05, 3.63) is 0 Å². The summed E-state index contributed by atoms with van der Waals surface area (Å²) in [5, 5.41) is 4.98. The van der Waals surface area contributed by atoms with E-state index < -0.39 is 6.03 Å². The van der Waals surface area contributed by atoms with Crippen LogP contribution in [0.2, 0.25) is 0 Å². The van der Waals surface area contributed by atoms with Gasteiger partial charge in [0.1, 0.15) is 13.1 Å². The summed E-state index contributed by atoms with van der Waals surface area (Å²) in [6, 6.07) is -0.501. The largest absolute Gasteiger partial charge is 0.350 e. The Balaban J connectivity index is 2.45. The van der Waals surface area contributed by atoms with Gasteiger partial charge in [-0.1, -0.05) is 13.3 Å². The third kappa shape index (κ3) is 4.05. The van der Waals surface area contributed by atoms with E-state index in [0.29, 0.717) is 0 Å². The maximum Gasteiger partial charge on any atom is 0.325 e. The molecule has 6 nitrogen and oxygen atoms in total. The summed E-state index contributed by atoms with van der Waals surface area (Å²) in [4.78, 5) is 35.0. The highest BCUT2D eigenvalue weighted by molar-refractivity contribution is 6.03. The Kier molecular flexibility index (Phi) is 4.09. The molecule has 6 heteroatoms. The Labute approximate surface area is 101 Å². The first-order valence-electron chi connectivity index (χ1n) is 5.74. The van der Waals surface area contributed by atoms with Crippen LogP contribution in [-0.4, -0.2) is 41.4 Å². The quantitative estimate of drug-likeness (QED) is 0.676. The van der Waals surface area contributed by atoms with Gasteiger partial charge < -0.3 is 10.2 Å². The topological polar surface area (TPSA) is 78.5 Å². The lowest BCUT2D eigenvalue weighted by atomic mass is 9.99. The van der Waals surface area contributed by atoms with Gasteiger partial charge in [-0.25, -0.2) is 4.79 Å². The lowest BCUT2D eigenvalue weighted by Gasteiger charge is -2.26. The lowest BCUT2D eigenvalue weighted by Crippen LogP contribution is -2.48. The van der Waals surface area contributed by atoms with Gasteiger partial charge in [0.15, 0.2) is 0 Å². The molecule has 1 fully saturated rings. The molecule has 0 unspecified atom stereocenters. The molecule has 0 aliphatic carbocycles. The fraction of sp³-hybridized carbons (Fsp3) is 0.727. The molecule has 0 atom stereocenters. The predicted octanol–water partition coefficient (Wildman–Crippen LogP) is 0.233. The molecule has 0 aromatic carbocycles. The Morgan fingerprint density at radius 3 is 2.59 bits per heavy atom. The van der Waals surface area contributed by atoms with Crippen molar-refractivity contribution < 1.29 is 14.4 Å². The third-order valence-electron chi connectivity index (χ3n) is 2.56. The van der Waals surface area contributed by atoms with Crippen LogP contribution in [0, 0.1) is 0 Å². The normalized spacial score (nSPS) is 16.1. The zero-order valence-corrected chi connectivity index (χ0v) is 10.5. The first kappa shape index (κ1) is 13.5. The Morgan fingerprint density at radius 1 is 1.47 bits per heavy atom. The Hall–Kier alpha value is -1.59. The molecular weight excluding hydrogens is 222 g/mol. The van der Waals surface area contributed by atoms with Gasteiger partial charge in [0.05, 0.1) is 0 Å². The first-order chi connectivity index (χ1) is 7.84. The van der Waals surface area contributed by atoms with Crippen LogP contribution in [0.3, 0.4) is 0 Å². The monoisotopic (exact) mass is 241 g/mol. The van der Waals surface area contributed by atoms with Gasteiger partial charge >= 0.3 is 6.03 Å². The molecule has 0 aromatic heterocycles. The molecule has 1 saturated heterocycles. The average Bonchev–Trinajstić information content (AvgIpc) is 2.43. The number of rotatable bonds is 5. The highest BCUT2D eigenvalue weighted by Gasteiger charge is 2.29. The summed E-state index contributed by atoms with van der Waals surface area (Å²) in [5.41, 5.74) is -0.286. The van der Waals surface area contributed by atoms with Gasteiger partial charge in [-0.3, -0.25) is 14.9 Å². The summed E-state index contributed by atoms with van der Waals surface area (Å²) in [5.74, 6) is -0.607. The molecule has 4 amide bonds. The number of urea groups is 1. The zero-order chi connectivity index (χ0) is 13.1. The molecule has 1 rings (SSSR count). The molecule has 0 spiro atoms. The van der Waals surface area contributed by atoms with Gasteiger partial charge in [-0.2, -0.15) is 0 Å². The number of carbonyl (C=O) groups excluding carboxylic acids is 3. The molecule has 0 radical (unpaired) electrons. The van der Waals surface area contributed by atoms with Crippen LogP contribution < -0.4 is 10.6 Å². The molecule has 0 bridgehead atoms. The van der Waals surface area contributed by atoms with Crippen LogP contribution in [0.1, 0.15) is 33.6 Å². The minimum Gasteiger partial charge on any atom is -0.350 e. The second kappa shape index (κ2) is 5.16. The molecule has 1 aliphatic heterocycles. The number of imide groups is 1. The smallest absolute Gasteiger partial charge is 0.325 e. The van der Waals surface area contributed by atoms with E-state index in [1.807, 2.05) is 20.8 Å². The molecule has 2 N–H and O–H groups in total. The van der Waals surface area contributed by atoms with Gasteiger partial charge in [0, 0.05) is 5.54 Å². The Morgan fingerprint density at radius 2 is 2.12 bits per heavy atom. The molecule has 96 valence electrons. The second-order valence-electron chi connectivity index (χ2n) is 4.89. The van der Waals surface area contributed by atoms with E-state index in [4.69, 9.17) is 0 Å². The van der Waals surface area contributed by atoms with E-state index in [-0.39, 0.29) is 30.4 Å². The van der Waals surface area contributed by atoms with E-state index in [1.165, 1.54) is 4.90 Å². The third-order valence-corrected chi connectivity index (χ3v) is 2.56. The summed E-state index contributed by atoms with van der Waals surface area (Å²) < 4.78 is 0. The average molecular weight is 241 g/mol. The minimum atomic E-state index is -0.501. The van der Waals surface area contributed by atoms with E-state index in [1.54, 1.807) is 0 Å². The standard InChI is InChI=1S/C11H19N3O3/c1-4-5-11(2,3)13-9(16)7-14-6-8(15)12-10(14)17/h4-7H2,1-3H3,(H,13,16)(H,12,15,17). The van der Waals surface area contributed by atoms with E-state index in [9.17, 15) is 14.4 Å². The molecule has 1 heterocycles. The summed E-state index contributed by atoms with van der Waals surface area (Å²) in [6.45, 7) is 5.79. The SMILES string of the molecule is CCCC(C)(C)NC(=O)CN1CC(=O)NC1=O. The van der Waals surface area contributed by atoms with Gasteiger partial charge in [-0.05, 0) is 20.3 Å². The molecule has 17 heavy (non-hydrogen) atoms. The van der Waals surface area contributed by atoms with Crippen LogP contribution in [0.5, 0.6) is 0 Å². The zero-order valence-electron chi connectivity index (χ0n) is 10.5. The second-order valence-corrected chi connectivity index (χ2v) is 4.89. The van der Waals surface area contributed by atoms with Gasteiger partial charge in [-0.15, -0.1) is 0 Å². The summed E-state index contributed by atoms with van der Waals surface area (Å²) in [6.07, 6.45) is 1.83. The molecule has 0 aromatic rings. The van der Waals surface area contributed by atoms with Crippen molar-refractivity contribution in [2.75, 3.05) is 13.1 Å². The Bertz CT molecular complexity index is 339. The molecule has 0 saturated carbocycles. The van der Waals surface area contributed by atoms with Crippen LogP contribution >= 0.6 is 0 Å². The van der Waals surface area contributed by atoms with Gasteiger partial charge in [0.25, 0.3) is 0 Å². The highest BCUT2D eigenvalue weighted by atomic mass is 16.2. The van der Waals surface area contributed by atoms with Crippen LogP contribution in [0.25, 0.3) is 0 Å². The van der Waals surface area contributed by atoms with Crippen LogP contribution in [-0.2, 0) is 9.59 Å². The fourth-order valence-electron chi connectivity index (χ4n) is 1.89. The minimum absolute atomic E-state index is 0.0412. The summed E-state index contributed by atoms with van der Waals surface area (Å²) in [7, 11) is 0. The van der Waals surface area contributed by atoms with Crippen molar-refractivity contribution in [2.24, 2.45) is 0 Å². The van der Waals surface area contributed by atoms with E-state index >= 15 is 0 Å². The summed E-state index contributed by atoms with van der Waals surface area (Å²) >= 11 is 0. The lowest BCUT2D eigenvalue weighted by molar-refractivity contribution is -0.123. The molecule has 1 aliphatic rings. The number of hydrogen-bond donors (Lipinski definition) is 2. The number of amides is 4. The number of carbonyl (C=O) groups is 3. The van der Waals surface area contributed by atoms with Crippen molar-refractivity contribution >= 4 is 17.8 Å². The maximum atomic E-state index is 11.7. The first-order valence-corrected chi connectivity index (χ1v) is 5.74. The van der Waals surface area contributed by atoms with E-state index in [2.05, 4.69) is 10.6 Å². The number of nitrogens with zero attached hydrogens (tertiary/aromatic N) is 1. The van der Waals surface area contributed by atoms with Crippen molar-refractivity contribution in [2.45, 2.75) is 39.2 Å². The van der Waals surface area contributed by atoms with Crippen molar-refractivity contribution in [3.8, 4) is 0 Å². The maximum absolute atomic E-state index is 11.7. The number of nitrogens with one attached hydrogen (secondary N) is 2. The van der Waals surface area contributed by atoms with Crippen molar-refractivity contribution in [3.63, 3.8) is 0 Å². The van der Waals surface area contributed by atoms with Crippen LogP contribution in [0.4, 0.5) is 4.79 Å².